The predicted molar refractivity (Wildman–Crippen MR) is 190 cm³/mol. The van der Waals surface area contributed by atoms with E-state index in [1.807, 2.05) is 91.0 Å². The summed E-state index contributed by atoms with van der Waals surface area (Å²) in [6, 6.07) is 40.0. The Morgan fingerprint density at radius 3 is 1.88 bits per heavy atom. The first-order valence-corrected chi connectivity index (χ1v) is 15.8. The van der Waals surface area contributed by atoms with Gasteiger partial charge in [-0.25, -0.2) is 4.79 Å². The summed E-state index contributed by atoms with van der Waals surface area (Å²) in [5.74, 6) is 0.168. The average Bonchev–Trinajstić information content (AvgIpc) is 3.10. The van der Waals surface area contributed by atoms with Gasteiger partial charge in [0.25, 0.3) is 0 Å². The predicted octanol–water partition coefficient (Wildman–Crippen LogP) is 8.67. The van der Waals surface area contributed by atoms with E-state index in [1.165, 1.54) is 12.1 Å². The summed E-state index contributed by atoms with van der Waals surface area (Å²) in [6.45, 7) is 1.04. The summed E-state index contributed by atoms with van der Waals surface area (Å²) < 4.78 is 12.1. The largest absolute Gasteiger partial charge is 0.489 e. The minimum atomic E-state index is -1.02. The van der Waals surface area contributed by atoms with Crippen molar-refractivity contribution < 1.29 is 34.1 Å². The second-order valence-electron chi connectivity index (χ2n) is 11.3. The summed E-state index contributed by atoms with van der Waals surface area (Å²) in [7, 11) is 0. The van der Waals surface area contributed by atoms with Gasteiger partial charge in [0.05, 0.1) is 5.56 Å². The van der Waals surface area contributed by atoms with Gasteiger partial charge in [-0.05, 0) is 83.1 Å². The molecule has 0 unspecified atom stereocenters. The van der Waals surface area contributed by atoms with E-state index in [1.54, 1.807) is 17.0 Å². The molecule has 252 valence electrons. The molecular weight excluding hydrogens is 642 g/mol. The number of nitrogens with zero attached hydrogens (tertiary/aromatic N) is 1. The van der Waals surface area contributed by atoms with Gasteiger partial charge >= 0.3 is 11.9 Å². The third-order valence-electron chi connectivity index (χ3n) is 7.85. The van der Waals surface area contributed by atoms with Gasteiger partial charge in [-0.3, -0.25) is 9.59 Å². The molecule has 9 heteroatoms. The quantitative estimate of drug-likeness (QED) is 0.107. The van der Waals surface area contributed by atoms with Crippen LogP contribution in [0.5, 0.6) is 17.2 Å². The van der Waals surface area contributed by atoms with Gasteiger partial charge in [0, 0.05) is 25.9 Å². The van der Waals surface area contributed by atoms with Crippen LogP contribution in [0.25, 0.3) is 11.1 Å². The molecule has 5 aromatic rings. The number of carboxylic acids is 2. The smallest absolute Gasteiger partial charge is 0.335 e. The van der Waals surface area contributed by atoms with Crippen LogP contribution < -0.4 is 9.47 Å². The molecule has 8 nitrogen and oxygen atoms in total. The molecule has 0 aliphatic heterocycles. The normalized spacial score (nSPS) is 10.4. The first-order chi connectivity index (χ1) is 23.3. The summed E-state index contributed by atoms with van der Waals surface area (Å²) in [4.78, 5) is 37.1. The Balaban J connectivity index is 0.00000541. The van der Waals surface area contributed by atoms with Gasteiger partial charge in [0.15, 0.2) is 0 Å². The third-order valence-corrected chi connectivity index (χ3v) is 7.85. The molecule has 49 heavy (non-hydrogen) atoms. The highest BCUT2D eigenvalue weighted by molar-refractivity contribution is 5.87. The summed E-state index contributed by atoms with van der Waals surface area (Å²) in [5, 5.41) is 18.2. The fourth-order valence-electron chi connectivity index (χ4n) is 5.22. The van der Waals surface area contributed by atoms with Crippen molar-refractivity contribution in [2.45, 2.75) is 38.8 Å². The van der Waals surface area contributed by atoms with Gasteiger partial charge in [0.1, 0.15) is 23.9 Å². The molecule has 1 amide bonds. The number of halogens is 1. The minimum absolute atomic E-state index is 0. The van der Waals surface area contributed by atoms with Crippen LogP contribution in [0, 0.1) is 0 Å². The molecule has 0 saturated heterocycles. The minimum Gasteiger partial charge on any atom is -0.489 e. The van der Waals surface area contributed by atoms with E-state index in [2.05, 4.69) is 12.1 Å². The molecule has 5 aromatic carbocycles. The monoisotopic (exact) mass is 679 g/mol. The highest BCUT2D eigenvalue weighted by Crippen LogP contribution is 2.27. The lowest BCUT2D eigenvalue weighted by molar-refractivity contribution is -0.137. The number of benzene rings is 5. The van der Waals surface area contributed by atoms with Crippen LogP contribution in [0.15, 0.2) is 127 Å². The lowest BCUT2D eigenvalue weighted by atomic mass is 10.0. The van der Waals surface area contributed by atoms with Crippen molar-refractivity contribution in [3.63, 3.8) is 0 Å². The van der Waals surface area contributed by atoms with Crippen LogP contribution in [-0.2, 0) is 29.2 Å². The zero-order valence-electron chi connectivity index (χ0n) is 26.9. The summed E-state index contributed by atoms with van der Waals surface area (Å²) >= 11 is 0. The lowest BCUT2D eigenvalue weighted by Gasteiger charge is -2.24. The van der Waals surface area contributed by atoms with Gasteiger partial charge in [-0.1, -0.05) is 84.9 Å². The first-order valence-electron chi connectivity index (χ1n) is 15.8. The zero-order valence-corrected chi connectivity index (χ0v) is 27.7. The summed E-state index contributed by atoms with van der Waals surface area (Å²) in [5.41, 5.74) is 5.07. The highest BCUT2D eigenvalue weighted by atomic mass is 35.5. The molecule has 0 aliphatic carbocycles. The molecule has 0 heterocycles. The average molecular weight is 680 g/mol. The van der Waals surface area contributed by atoms with Crippen molar-refractivity contribution in [2.24, 2.45) is 0 Å². The van der Waals surface area contributed by atoms with Crippen molar-refractivity contribution in [3.05, 3.63) is 150 Å². The van der Waals surface area contributed by atoms with Crippen LogP contribution in [-0.4, -0.2) is 39.5 Å². The van der Waals surface area contributed by atoms with Crippen LogP contribution >= 0.6 is 12.4 Å². The van der Waals surface area contributed by atoms with E-state index >= 15 is 0 Å². The number of carbonyl (C=O) groups excluding carboxylic acids is 1. The van der Waals surface area contributed by atoms with Crippen molar-refractivity contribution in [3.8, 4) is 28.4 Å². The number of carboxylic acid groups (broad SMARTS) is 2. The Labute approximate surface area is 292 Å². The van der Waals surface area contributed by atoms with Crippen LogP contribution in [0.2, 0.25) is 0 Å². The van der Waals surface area contributed by atoms with Crippen LogP contribution in [0.1, 0.15) is 46.3 Å². The lowest BCUT2D eigenvalue weighted by Crippen LogP contribution is -2.32. The number of rotatable bonds is 16. The third kappa shape index (κ3) is 11.0. The van der Waals surface area contributed by atoms with Gasteiger partial charge in [-0.2, -0.15) is 0 Å². The number of hydrogen-bond donors (Lipinski definition) is 2. The Morgan fingerprint density at radius 2 is 1.22 bits per heavy atom. The molecule has 0 radical (unpaired) electrons. The maximum absolute atomic E-state index is 13.1. The van der Waals surface area contributed by atoms with E-state index in [0.717, 1.165) is 45.1 Å². The first kappa shape index (κ1) is 36.2. The Kier molecular flexibility index (Phi) is 13.4. The maximum atomic E-state index is 13.1. The second kappa shape index (κ2) is 18.1. The Hall–Kier alpha value is -5.60. The maximum Gasteiger partial charge on any atom is 0.335 e. The van der Waals surface area contributed by atoms with Crippen molar-refractivity contribution in [1.29, 1.82) is 0 Å². The Bertz CT molecular complexity index is 1810. The van der Waals surface area contributed by atoms with E-state index in [-0.39, 0.29) is 49.7 Å². The molecule has 0 atom stereocenters. The number of para-hydroxylation sites is 2. The molecule has 0 spiro atoms. The molecule has 0 fully saturated rings. The van der Waals surface area contributed by atoms with Crippen molar-refractivity contribution >= 4 is 30.3 Å². The fourth-order valence-corrected chi connectivity index (χ4v) is 5.22. The SMILES string of the molecule is Cl.O=C(O)CCCC(=O)N(CCc1ccccc1OCc1ccc(-c2ccc(Oc3ccccc3)cc2)cc1)Cc1ccc(C(=O)O)cc1. The zero-order chi connectivity index (χ0) is 33.7. The molecular formula is C40H38ClNO7. The molecule has 0 aliphatic rings. The van der Waals surface area contributed by atoms with E-state index in [9.17, 15) is 19.5 Å². The number of amides is 1. The number of carbonyl (C=O) groups is 3. The van der Waals surface area contributed by atoms with Crippen molar-refractivity contribution in [1.82, 2.24) is 4.90 Å². The molecule has 0 aromatic heterocycles. The molecule has 0 bridgehead atoms. The molecule has 5 rings (SSSR count). The highest BCUT2D eigenvalue weighted by Gasteiger charge is 2.16. The standard InChI is InChI=1S/C40H37NO7.ClH/c42-38(11-6-12-39(43)44)41(27-29-13-19-34(20-14-29)40(45)46)26-25-33-7-4-5-10-37(33)47-28-30-15-17-31(18-16-30)32-21-23-36(24-22-32)48-35-8-2-1-3-9-35;/h1-5,7-10,13-24H,6,11-12,25-28H2,(H,43,44)(H,45,46);1H. The van der Waals surface area contributed by atoms with E-state index in [4.69, 9.17) is 14.6 Å². The molecule has 2 N–H and O–H groups in total. The number of aromatic carboxylic acids is 1. The van der Waals surface area contributed by atoms with Gasteiger partial charge < -0.3 is 24.6 Å². The fraction of sp³-hybridized carbons (Fsp3) is 0.175. The summed E-state index contributed by atoms with van der Waals surface area (Å²) in [6.07, 6.45) is 0.797. The van der Waals surface area contributed by atoms with Gasteiger partial charge in [0.2, 0.25) is 5.91 Å². The number of ether oxygens (including phenoxy) is 2. The number of hydrogen-bond acceptors (Lipinski definition) is 5. The second-order valence-corrected chi connectivity index (χ2v) is 11.3. The van der Waals surface area contributed by atoms with Crippen molar-refractivity contribution in [2.75, 3.05) is 6.54 Å². The topological polar surface area (TPSA) is 113 Å². The number of aliphatic carboxylic acids is 1. The van der Waals surface area contributed by atoms with E-state index in [0.29, 0.717) is 19.6 Å². The van der Waals surface area contributed by atoms with Gasteiger partial charge in [-0.15, -0.1) is 12.4 Å². The van der Waals surface area contributed by atoms with E-state index < -0.39 is 11.9 Å². The van der Waals surface area contributed by atoms with Crippen LogP contribution in [0.4, 0.5) is 0 Å². The van der Waals surface area contributed by atoms with Crippen LogP contribution in [0.3, 0.4) is 0 Å². The Morgan fingerprint density at radius 1 is 0.633 bits per heavy atom. The molecule has 0 saturated carbocycles.